The van der Waals surface area contributed by atoms with Crippen molar-refractivity contribution in [3.63, 3.8) is 0 Å². The van der Waals surface area contributed by atoms with E-state index in [0.717, 1.165) is 54.0 Å². The monoisotopic (exact) mass is 588 g/mol. The number of amides is 1. The van der Waals surface area contributed by atoms with Crippen LogP contribution in [-0.2, 0) is 21.5 Å². The summed E-state index contributed by atoms with van der Waals surface area (Å²) in [6.45, 7) is 9.89. The maximum absolute atomic E-state index is 12.5. The SMILES string of the molecule is Cc1cc(-c2ncnn3cc(C4CCOCC4)cc23)ccc1CNC(=O)c1nc(C(C)(C)C)no1.O=C(O)C(F)(F)F. The molecular formula is C28H31F3N6O5. The Kier molecular flexibility index (Phi) is 8.95. The predicted octanol–water partition coefficient (Wildman–Crippen LogP) is 4.84. The molecule has 0 atom stereocenters. The van der Waals surface area contributed by atoms with E-state index < -0.39 is 12.1 Å². The van der Waals surface area contributed by atoms with Crippen molar-refractivity contribution in [1.29, 1.82) is 0 Å². The number of ether oxygens (including phenoxy) is 1. The number of aliphatic carboxylic acids is 1. The number of aromatic nitrogens is 5. The molecule has 5 rings (SSSR count). The van der Waals surface area contributed by atoms with Gasteiger partial charge in [-0.15, -0.1) is 0 Å². The molecule has 42 heavy (non-hydrogen) atoms. The van der Waals surface area contributed by atoms with Crippen molar-refractivity contribution in [3.8, 4) is 11.3 Å². The van der Waals surface area contributed by atoms with Crippen LogP contribution in [0, 0.1) is 6.92 Å². The smallest absolute Gasteiger partial charge is 0.475 e. The molecule has 4 aromatic rings. The molecule has 0 spiro atoms. The van der Waals surface area contributed by atoms with Crippen molar-refractivity contribution in [2.45, 2.75) is 64.6 Å². The second-order valence-corrected chi connectivity index (χ2v) is 10.9. The van der Waals surface area contributed by atoms with Crippen LogP contribution in [-0.4, -0.2) is 61.1 Å². The van der Waals surface area contributed by atoms with Gasteiger partial charge in [0.15, 0.2) is 5.82 Å². The normalized spacial score (nSPS) is 14.4. The highest BCUT2D eigenvalue weighted by Gasteiger charge is 2.38. The molecule has 0 aliphatic carbocycles. The molecule has 1 aliphatic rings. The lowest BCUT2D eigenvalue weighted by atomic mass is 9.94. The number of benzene rings is 1. The summed E-state index contributed by atoms with van der Waals surface area (Å²) in [4.78, 5) is 30.2. The maximum atomic E-state index is 12.5. The van der Waals surface area contributed by atoms with Crippen LogP contribution in [0.3, 0.4) is 0 Å². The average molecular weight is 589 g/mol. The molecule has 0 unspecified atom stereocenters. The second-order valence-electron chi connectivity index (χ2n) is 10.9. The van der Waals surface area contributed by atoms with Gasteiger partial charge in [0.1, 0.15) is 6.33 Å². The first-order valence-corrected chi connectivity index (χ1v) is 13.2. The highest BCUT2D eigenvalue weighted by Crippen LogP contribution is 2.31. The molecule has 3 aromatic heterocycles. The number of carboxylic acids is 1. The largest absolute Gasteiger partial charge is 0.490 e. The number of aryl methyl sites for hydroxylation is 1. The molecule has 1 saturated heterocycles. The van der Waals surface area contributed by atoms with Gasteiger partial charge in [-0.1, -0.05) is 38.1 Å². The minimum absolute atomic E-state index is 0.0267. The minimum atomic E-state index is -5.08. The van der Waals surface area contributed by atoms with Crippen LogP contribution in [0.5, 0.6) is 0 Å². The molecule has 0 bridgehead atoms. The molecule has 14 heteroatoms. The van der Waals surface area contributed by atoms with Crippen LogP contribution in [0.25, 0.3) is 16.8 Å². The van der Waals surface area contributed by atoms with Crippen molar-refractivity contribution < 1.29 is 37.1 Å². The summed E-state index contributed by atoms with van der Waals surface area (Å²) in [6, 6.07) is 8.34. The van der Waals surface area contributed by atoms with Crippen molar-refractivity contribution in [3.05, 3.63) is 65.2 Å². The van der Waals surface area contributed by atoms with Crippen LogP contribution in [0.15, 0.2) is 41.3 Å². The van der Waals surface area contributed by atoms with Gasteiger partial charge >= 0.3 is 23.9 Å². The fourth-order valence-corrected chi connectivity index (χ4v) is 4.34. The van der Waals surface area contributed by atoms with Gasteiger partial charge in [-0.25, -0.2) is 14.3 Å². The van der Waals surface area contributed by atoms with E-state index in [9.17, 15) is 18.0 Å². The first-order chi connectivity index (χ1) is 19.7. The molecule has 224 valence electrons. The van der Waals surface area contributed by atoms with Crippen LogP contribution in [0.2, 0.25) is 0 Å². The lowest BCUT2D eigenvalue weighted by molar-refractivity contribution is -0.192. The van der Waals surface area contributed by atoms with Crippen molar-refractivity contribution in [2.24, 2.45) is 0 Å². The third-order valence-electron chi connectivity index (χ3n) is 6.71. The number of rotatable bonds is 5. The summed E-state index contributed by atoms with van der Waals surface area (Å²) in [5, 5.41) is 18.3. The van der Waals surface area contributed by atoms with Crippen LogP contribution in [0.1, 0.15) is 72.7 Å². The first-order valence-electron chi connectivity index (χ1n) is 13.2. The number of carboxylic acid groups (broad SMARTS) is 1. The molecular weight excluding hydrogens is 557 g/mol. The molecule has 1 aromatic carbocycles. The molecule has 11 nitrogen and oxygen atoms in total. The number of carbonyl (C=O) groups is 2. The van der Waals surface area contributed by atoms with Gasteiger partial charge in [-0.2, -0.15) is 23.3 Å². The van der Waals surface area contributed by atoms with E-state index in [1.54, 1.807) is 6.33 Å². The van der Waals surface area contributed by atoms with Gasteiger partial charge in [-0.3, -0.25) is 4.79 Å². The molecule has 4 heterocycles. The Bertz CT molecular complexity index is 1570. The van der Waals surface area contributed by atoms with Gasteiger partial charge in [0, 0.05) is 36.9 Å². The fourth-order valence-electron chi connectivity index (χ4n) is 4.34. The van der Waals surface area contributed by atoms with Crippen LogP contribution >= 0.6 is 0 Å². The van der Waals surface area contributed by atoms with E-state index in [0.29, 0.717) is 18.3 Å². The lowest BCUT2D eigenvalue weighted by Crippen LogP contribution is -2.24. The number of hydrogen-bond donors (Lipinski definition) is 2. The third kappa shape index (κ3) is 7.29. The van der Waals surface area contributed by atoms with Gasteiger partial charge in [-0.05, 0) is 54.5 Å². The summed E-state index contributed by atoms with van der Waals surface area (Å²) in [6.07, 6.45) is 0.673. The number of halogens is 3. The predicted molar refractivity (Wildman–Crippen MR) is 144 cm³/mol. The Morgan fingerprint density at radius 2 is 1.83 bits per heavy atom. The van der Waals surface area contributed by atoms with E-state index in [1.165, 1.54) is 5.56 Å². The van der Waals surface area contributed by atoms with Gasteiger partial charge in [0.2, 0.25) is 0 Å². The lowest BCUT2D eigenvalue weighted by Gasteiger charge is -2.20. The summed E-state index contributed by atoms with van der Waals surface area (Å²) in [5.74, 6) is -2.18. The standard InChI is InChI=1S/C26H30N6O3.C2HF3O2/c1-16-11-18(5-6-19(16)13-27-23(33)24-30-25(31-35-24)26(2,3)4)22-21-12-20(14-32(21)29-15-28-22)17-7-9-34-10-8-17;3-2(4,5)1(6)7/h5-6,11-12,14-15,17H,7-10,13H2,1-4H3,(H,27,33);(H,6,7). The molecule has 1 fully saturated rings. The third-order valence-corrected chi connectivity index (χ3v) is 6.71. The summed E-state index contributed by atoms with van der Waals surface area (Å²) < 4.78 is 44.3. The van der Waals surface area contributed by atoms with Gasteiger partial charge in [0.25, 0.3) is 0 Å². The number of nitrogens with one attached hydrogen (secondary N) is 1. The van der Waals surface area contributed by atoms with Gasteiger partial charge in [0.05, 0.1) is 11.2 Å². The second kappa shape index (κ2) is 12.3. The van der Waals surface area contributed by atoms with Crippen molar-refractivity contribution in [2.75, 3.05) is 13.2 Å². The van der Waals surface area contributed by atoms with Crippen molar-refractivity contribution in [1.82, 2.24) is 30.1 Å². The van der Waals surface area contributed by atoms with Crippen LogP contribution in [0.4, 0.5) is 13.2 Å². The van der Waals surface area contributed by atoms with E-state index in [4.69, 9.17) is 19.2 Å². The zero-order valence-electron chi connectivity index (χ0n) is 23.5. The number of hydrogen-bond acceptors (Lipinski definition) is 8. The molecule has 0 saturated carbocycles. The zero-order chi connectivity index (χ0) is 30.7. The van der Waals surface area contributed by atoms with Crippen molar-refractivity contribution >= 4 is 17.4 Å². The van der Waals surface area contributed by atoms with Crippen LogP contribution < -0.4 is 5.32 Å². The van der Waals surface area contributed by atoms with E-state index in [-0.39, 0.29) is 17.2 Å². The molecule has 1 amide bonds. The first kappa shape index (κ1) is 30.6. The Morgan fingerprint density at radius 1 is 1.14 bits per heavy atom. The van der Waals surface area contributed by atoms with E-state index in [2.05, 4.69) is 43.9 Å². The zero-order valence-corrected chi connectivity index (χ0v) is 23.5. The summed E-state index contributed by atoms with van der Waals surface area (Å²) >= 11 is 0. The number of alkyl halides is 3. The molecule has 1 aliphatic heterocycles. The number of nitrogens with zero attached hydrogens (tertiary/aromatic N) is 5. The highest BCUT2D eigenvalue weighted by molar-refractivity contribution is 5.89. The number of fused-ring (bicyclic) bond motifs is 1. The van der Waals surface area contributed by atoms with E-state index >= 15 is 0 Å². The van der Waals surface area contributed by atoms with E-state index in [1.807, 2.05) is 44.3 Å². The maximum Gasteiger partial charge on any atom is 0.490 e. The van der Waals surface area contributed by atoms with Gasteiger partial charge < -0.3 is 19.7 Å². The summed E-state index contributed by atoms with van der Waals surface area (Å²) in [5.41, 5.74) is 5.93. The number of carbonyl (C=O) groups excluding carboxylic acids is 1. The quantitative estimate of drug-likeness (QED) is 0.334. The molecule has 0 radical (unpaired) electrons. The Hall–Kier alpha value is -4.33. The Balaban J connectivity index is 0.000000517. The Labute approximate surface area is 239 Å². The average Bonchev–Trinajstić information content (AvgIpc) is 3.61. The molecule has 2 N–H and O–H groups in total. The summed E-state index contributed by atoms with van der Waals surface area (Å²) in [7, 11) is 0. The minimum Gasteiger partial charge on any atom is -0.475 e. The highest BCUT2D eigenvalue weighted by atomic mass is 19.4. The fraction of sp³-hybridized carbons (Fsp3) is 0.429. The topological polar surface area (TPSA) is 145 Å². The Morgan fingerprint density at radius 3 is 2.43 bits per heavy atom.